The zero-order valence-corrected chi connectivity index (χ0v) is 12.4. The lowest BCUT2D eigenvalue weighted by atomic mass is 9.84. The molecule has 1 fully saturated rings. The minimum Gasteiger partial charge on any atom is -0.479 e. The van der Waals surface area contributed by atoms with Crippen molar-refractivity contribution in [2.75, 3.05) is 19.6 Å². The van der Waals surface area contributed by atoms with Crippen LogP contribution in [0, 0.1) is 5.92 Å². The first-order valence-electron chi connectivity index (χ1n) is 7.03. The lowest BCUT2D eigenvalue weighted by molar-refractivity contribution is -0.161. The van der Waals surface area contributed by atoms with Gasteiger partial charge in [0.15, 0.2) is 0 Å². The summed E-state index contributed by atoms with van der Waals surface area (Å²) in [4.78, 5) is 26.7. The molecule has 0 aromatic rings. The second-order valence-electron chi connectivity index (χ2n) is 6.14. The number of amides is 1. The molecule has 1 aliphatic heterocycles. The minimum atomic E-state index is -1.02. The van der Waals surface area contributed by atoms with Gasteiger partial charge in [-0.2, -0.15) is 0 Å². The molecule has 5 nitrogen and oxygen atoms in total. The van der Waals surface area contributed by atoms with Gasteiger partial charge >= 0.3 is 5.97 Å². The van der Waals surface area contributed by atoms with Crippen molar-refractivity contribution in [1.29, 1.82) is 0 Å². The quantitative estimate of drug-likeness (QED) is 0.742. The van der Waals surface area contributed by atoms with Gasteiger partial charge in [-0.1, -0.05) is 13.8 Å². The Labute approximate surface area is 115 Å². The number of carboxylic acids is 1. The van der Waals surface area contributed by atoms with Gasteiger partial charge in [0.2, 0.25) is 6.41 Å². The zero-order chi connectivity index (χ0) is 14.6. The maximum Gasteiger partial charge on any atom is 0.329 e. The van der Waals surface area contributed by atoms with Crippen LogP contribution in [-0.4, -0.2) is 58.5 Å². The summed E-state index contributed by atoms with van der Waals surface area (Å²) in [6, 6.07) is -0.0924. The topological polar surface area (TPSA) is 60.9 Å². The van der Waals surface area contributed by atoms with Crippen LogP contribution in [0.1, 0.15) is 40.5 Å². The maximum atomic E-state index is 11.7. The average molecular weight is 270 g/mol. The van der Waals surface area contributed by atoms with Gasteiger partial charge in [-0.05, 0) is 32.6 Å². The fourth-order valence-electron chi connectivity index (χ4n) is 2.92. The number of nitrogens with zero attached hydrogens (tertiary/aromatic N) is 2. The fraction of sp³-hybridized carbons (Fsp3) is 0.857. The average Bonchev–Trinajstić information content (AvgIpc) is 2.30. The molecule has 0 aliphatic carbocycles. The van der Waals surface area contributed by atoms with E-state index in [1.807, 2.05) is 13.8 Å². The van der Waals surface area contributed by atoms with Crippen molar-refractivity contribution in [1.82, 2.24) is 9.80 Å². The Kier molecular flexibility index (Phi) is 5.35. The third-order valence-corrected chi connectivity index (χ3v) is 3.87. The van der Waals surface area contributed by atoms with E-state index >= 15 is 0 Å². The summed E-state index contributed by atoms with van der Waals surface area (Å²) in [5, 5.41) is 9.59. The van der Waals surface area contributed by atoms with E-state index in [4.69, 9.17) is 0 Å². The Morgan fingerprint density at radius 2 is 1.84 bits per heavy atom. The predicted octanol–water partition coefficient (Wildman–Crippen LogP) is 1.43. The van der Waals surface area contributed by atoms with Crippen molar-refractivity contribution in [2.45, 2.75) is 52.1 Å². The fourth-order valence-corrected chi connectivity index (χ4v) is 2.92. The highest BCUT2D eigenvalue weighted by Gasteiger charge is 2.47. The molecule has 0 spiro atoms. The van der Waals surface area contributed by atoms with Crippen LogP contribution in [0.4, 0.5) is 0 Å². The molecule has 1 rings (SSSR count). The number of carboxylic acid groups (broad SMARTS) is 1. The molecular formula is C14H26N2O3. The Hall–Kier alpha value is -1.10. The molecule has 1 heterocycles. The van der Waals surface area contributed by atoms with Crippen molar-refractivity contribution in [3.05, 3.63) is 0 Å². The molecule has 0 bridgehead atoms. The zero-order valence-electron chi connectivity index (χ0n) is 12.4. The molecule has 1 aliphatic rings. The molecule has 0 saturated carbocycles. The molecule has 5 heteroatoms. The summed E-state index contributed by atoms with van der Waals surface area (Å²) in [5.74, 6) is -0.304. The van der Waals surface area contributed by atoms with Crippen LogP contribution in [0.25, 0.3) is 0 Å². The molecular weight excluding hydrogens is 244 g/mol. The number of likely N-dealkylation sites (tertiary alicyclic amines) is 1. The molecule has 1 saturated heterocycles. The van der Waals surface area contributed by atoms with Crippen LogP contribution in [0.15, 0.2) is 0 Å². The summed E-state index contributed by atoms with van der Waals surface area (Å²) >= 11 is 0. The minimum absolute atomic E-state index is 0.0924. The van der Waals surface area contributed by atoms with Crippen LogP contribution >= 0.6 is 0 Å². The summed E-state index contributed by atoms with van der Waals surface area (Å²) in [6.07, 6.45) is 1.70. The number of piperidine rings is 1. The summed E-state index contributed by atoms with van der Waals surface area (Å²) in [6.45, 7) is 10.5. The first-order chi connectivity index (χ1) is 8.83. The van der Waals surface area contributed by atoms with Crippen LogP contribution in [0.3, 0.4) is 0 Å². The lowest BCUT2D eigenvalue weighted by Gasteiger charge is -2.46. The Balaban J connectivity index is 2.82. The van der Waals surface area contributed by atoms with Gasteiger partial charge in [0.25, 0.3) is 0 Å². The van der Waals surface area contributed by atoms with Gasteiger partial charge in [-0.25, -0.2) is 4.79 Å². The lowest BCUT2D eigenvalue weighted by Crippen LogP contribution is -2.61. The Morgan fingerprint density at radius 1 is 1.32 bits per heavy atom. The highest BCUT2D eigenvalue weighted by Crippen LogP contribution is 2.30. The van der Waals surface area contributed by atoms with E-state index in [9.17, 15) is 14.7 Å². The monoisotopic (exact) mass is 270 g/mol. The number of aliphatic carboxylic acids is 1. The second-order valence-corrected chi connectivity index (χ2v) is 6.14. The number of hydrogen-bond acceptors (Lipinski definition) is 3. The number of rotatable bonds is 6. The molecule has 110 valence electrons. The molecule has 0 radical (unpaired) electrons. The van der Waals surface area contributed by atoms with Crippen molar-refractivity contribution in [3.8, 4) is 0 Å². The SMILES string of the molecule is CC(C)CN1CCC(C(=O)O)(N(C=O)C(C)C)CC1. The highest BCUT2D eigenvalue weighted by atomic mass is 16.4. The van der Waals surface area contributed by atoms with E-state index in [0.29, 0.717) is 25.2 Å². The second kappa shape index (κ2) is 6.37. The van der Waals surface area contributed by atoms with Crippen molar-refractivity contribution in [2.24, 2.45) is 5.92 Å². The molecule has 0 aromatic carbocycles. The van der Waals surface area contributed by atoms with Gasteiger partial charge in [0.1, 0.15) is 5.54 Å². The normalized spacial score (nSPS) is 19.7. The smallest absolute Gasteiger partial charge is 0.329 e. The van der Waals surface area contributed by atoms with Crippen molar-refractivity contribution >= 4 is 12.4 Å². The predicted molar refractivity (Wildman–Crippen MR) is 73.9 cm³/mol. The Bertz CT molecular complexity index is 321. The maximum absolute atomic E-state index is 11.7. The number of hydrogen-bond donors (Lipinski definition) is 1. The van der Waals surface area contributed by atoms with Crippen molar-refractivity contribution in [3.63, 3.8) is 0 Å². The Morgan fingerprint density at radius 3 is 2.16 bits per heavy atom. The molecule has 1 N–H and O–H groups in total. The van der Waals surface area contributed by atoms with Crippen molar-refractivity contribution < 1.29 is 14.7 Å². The van der Waals surface area contributed by atoms with Crippen LogP contribution < -0.4 is 0 Å². The van der Waals surface area contributed by atoms with E-state index in [2.05, 4.69) is 18.7 Å². The number of carbonyl (C=O) groups excluding carboxylic acids is 1. The summed E-state index contributed by atoms with van der Waals surface area (Å²) in [5.41, 5.74) is -1.02. The molecule has 0 atom stereocenters. The summed E-state index contributed by atoms with van der Waals surface area (Å²) in [7, 11) is 0. The first-order valence-corrected chi connectivity index (χ1v) is 7.03. The molecule has 0 unspecified atom stereocenters. The van der Waals surface area contributed by atoms with Gasteiger partial charge in [-0.15, -0.1) is 0 Å². The largest absolute Gasteiger partial charge is 0.479 e. The molecule has 19 heavy (non-hydrogen) atoms. The van der Waals surface area contributed by atoms with E-state index in [0.717, 1.165) is 19.6 Å². The van der Waals surface area contributed by atoms with E-state index in [-0.39, 0.29) is 6.04 Å². The number of carbonyl (C=O) groups is 2. The van der Waals surface area contributed by atoms with Crippen LogP contribution in [0.2, 0.25) is 0 Å². The van der Waals surface area contributed by atoms with E-state index < -0.39 is 11.5 Å². The van der Waals surface area contributed by atoms with Gasteiger partial charge < -0.3 is 14.9 Å². The van der Waals surface area contributed by atoms with Crippen LogP contribution in [-0.2, 0) is 9.59 Å². The third kappa shape index (κ3) is 3.47. The van der Waals surface area contributed by atoms with Gasteiger partial charge in [0.05, 0.1) is 0 Å². The standard InChI is InChI=1S/C14H26N2O3/c1-11(2)9-15-7-5-14(6-8-15,13(18)19)16(10-17)12(3)4/h10-12H,5-9H2,1-4H3,(H,18,19). The van der Waals surface area contributed by atoms with Gasteiger partial charge in [0, 0.05) is 25.7 Å². The van der Waals surface area contributed by atoms with Crippen LogP contribution in [0.5, 0.6) is 0 Å². The summed E-state index contributed by atoms with van der Waals surface area (Å²) < 4.78 is 0. The van der Waals surface area contributed by atoms with E-state index in [1.54, 1.807) is 0 Å². The third-order valence-electron chi connectivity index (χ3n) is 3.87. The first kappa shape index (κ1) is 16.0. The molecule has 0 aromatic heterocycles. The molecule has 1 amide bonds. The highest BCUT2D eigenvalue weighted by molar-refractivity contribution is 5.81. The van der Waals surface area contributed by atoms with Gasteiger partial charge in [-0.3, -0.25) is 4.79 Å². The van der Waals surface area contributed by atoms with E-state index in [1.165, 1.54) is 4.90 Å².